The van der Waals surface area contributed by atoms with Gasteiger partial charge >= 0.3 is 0 Å². The summed E-state index contributed by atoms with van der Waals surface area (Å²) in [5.74, 6) is -1.89. The van der Waals surface area contributed by atoms with Crippen LogP contribution >= 0.6 is 0 Å². The Balaban J connectivity index is 2.38. The molecule has 116 valence electrons. The molecule has 2 aromatic rings. The zero-order valence-electron chi connectivity index (χ0n) is 11.1. The standard InChI is InChI=1S/C14H11F2NO4S/c15-10-2-4-13(11(16)8-10)21-14-7-9(5-6-18)1-3-12(14)17-22(19)20/h1-4,6-8,17H,5H2,(H,19,20). The average Bonchev–Trinajstić information content (AvgIpc) is 2.44. The molecule has 0 bridgehead atoms. The van der Waals surface area contributed by atoms with Gasteiger partial charge in [0.05, 0.1) is 5.69 Å². The highest BCUT2D eigenvalue weighted by atomic mass is 32.2. The van der Waals surface area contributed by atoms with Crippen LogP contribution in [0.4, 0.5) is 14.5 Å². The van der Waals surface area contributed by atoms with E-state index < -0.39 is 22.9 Å². The first kappa shape index (κ1) is 16.1. The highest BCUT2D eigenvalue weighted by Crippen LogP contribution is 2.32. The first-order valence-corrected chi connectivity index (χ1v) is 7.17. The molecule has 2 rings (SSSR count). The summed E-state index contributed by atoms with van der Waals surface area (Å²) in [7, 11) is 0. The number of ether oxygens (including phenoxy) is 1. The summed E-state index contributed by atoms with van der Waals surface area (Å²) >= 11 is -2.36. The lowest BCUT2D eigenvalue weighted by Gasteiger charge is -2.13. The third-order valence-corrected chi connectivity index (χ3v) is 3.07. The number of aldehydes is 1. The van der Waals surface area contributed by atoms with Gasteiger partial charge in [0.2, 0.25) is 0 Å². The molecular weight excluding hydrogens is 316 g/mol. The van der Waals surface area contributed by atoms with Crippen molar-refractivity contribution < 1.29 is 27.1 Å². The molecule has 1 atom stereocenters. The minimum Gasteiger partial charge on any atom is -0.452 e. The quantitative estimate of drug-likeness (QED) is 0.631. The van der Waals surface area contributed by atoms with E-state index >= 15 is 0 Å². The summed E-state index contributed by atoms with van der Waals surface area (Å²) in [6, 6.07) is 7.16. The van der Waals surface area contributed by atoms with Crippen LogP contribution in [0.3, 0.4) is 0 Å². The molecule has 0 radical (unpaired) electrons. The summed E-state index contributed by atoms with van der Waals surface area (Å²) in [6.07, 6.45) is 0.777. The lowest BCUT2D eigenvalue weighted by atomic mass is 10.1. The Bertz CT molecular complexity index is 724. The number of halogens is 2. The van der Waals surface area contributed by atoms with Crippen molar-refractivity contribution in [3.8, 4) is 11.5 Å². The van der Waals surface area contributed by atoms with E-state index in [9.17, 15) is 17.8 Å². The molecule has 5 nitrogen and oxygen atoms in total. The van der Waals surface area contributed by atoms with Crippen LogP contribution in [-0.2, 0) is 22.5 Å². The zero-order valence-corrected chi connectivity index (χ0v) is 11.9. The van der Waals surface area contributed by atoms with E-state index in [1.165, 1.54) is 12.1 Å². The van der Waals surface area contributed by atoms with Crippen LogP contribution in [0.15, 0.2) is 36.4 Å². The molecule has 2 N–H and O–H groups in total. The molecule has 22 heavy (non-hydrogen) atoms. The van der Waals surface area contributed by atoms with E-state index in [2.05, 4.69) is 4.72 Å². The molecule has 0 aliphatic rings. The van der Waals surface area contributed by atoms with Crippen molar-refractivity contribution in [1.82, 2.24) is 0 Å². The van der Waals surface area contributed by atoms with Crippen LogP contribution in [-0.4, -0.2) is 15.0 Å². The van der Waals surface area contributed by atoms with E-state index in [1.54, 1.807) is 6.07 Å². The second-order valence-electron chi connectivity index (χ2n) is 4.23. The fraction of sp³-hybridized carbons (Fsp3) is 0.0714. The molecule has 2 aromatic carbocycles. The molecule has 8 heteroatoms. The molecule has 0 aliphatic carbocycles. The third-order valence-electron chi connectivity index (χ3n) is 2.68. The molecular formula is C14H11F2NO4S. The number of nitrogens with one attached hydrogen (secondary N) is 1. The Morgan fingerprint density at radius 3 is 2.59 bits per heavy atom. The van der Waals surface area contributed by atoms with Gasteiger partial charge in [-0.3, -0.25) is 9.27 Å². The Hall–Kier alpha value is -2.32. The number of rotatable bonds is 6. The minimum atomic E-state index is -2.36. The van der Waals surface area contributed by atoms with Crippen molar-refractivity contribution in [3.05, 3.63) is 53.6 Å². The number of carbonyl (C=O) groups excluding carboxylic acids is 1. The topological polar surface area (TPSA) is 75.6 Å². The number of hydrogen-bond donors (Lipinski definition) is 2. The summed E-state index contributed by atoms with van der Waals surface area (Å²) in [4.78, 5) is 10.6. The lowest BCUT2D eigenvalue weighted by Crippen LogP contribution is -2.04. The maximum atomic E-state index is 13.6. The average molecular weight is 327 g/mol. The van der Waals surface area contributed by atoms with Gasteiger partial charge in [0, 0.05) is 12.5 Å². The number of hydrogen-bond acceptors (Lipinski definition) is 3. The predicted octanol–water partition coefficient (Wildman–Crippen LogP) is 3.05. The van der Waals surface area contributed by atoms with Crippen molar-refractivity contribution in [3.63, 3.8) is 0 Å². The smallest absolute Gasteiger partial charge is 0.259 e. The SMILES string of the molecule is O=CCc1ccc(NS(=O)O)c(Oc2ccc(F)cc2F)c1. The van der Waals surface area contributed by atoms with Gasteiger partial charge in [0.1, 0.15) is 12.1 Å². The molecule has 0 saturated carbocycles. The maximum absolute atomic E-state index is 13.6. The van der Waals surface area contributed by atoms with Crippen LogP contribution < -0.4 is 9.46 Å². The van der Waals surface area contributed by atoms with Gasteiger partial charge in [0.15, 0.2) is 17.3 Å². The van der Waals surface area contributed by atoms with Gasteiger partial charge in [-0.1, -0.05) is 6.07 Å². The van der Waals surface area contributed by atoms with Crippen LogP contribution in [0.1, 0.15) is 5.56 Å². The summed E-state index contributed by atoms with van der Waals surface area (Å²) in [5.41, 5.74) is 0.695. The second kappa shape index (κ2) is 7.10. The molecule has 0 heterocycles. The first-order chi connectivity index (χ1) is 10.5. The highest BCUT2D eigenvalue weighted by Gasteiger charge is 2.12. The summed E-state index contributed by atoms with van der Waals surface area (Å²) in [5, 5.41) is 0. The first-order valence-electron chi connectivity index (χ1n) is 6.06. The van der Waals surface area contributed by atoms with Gasteiger partial charge in [-0.05, 0) is 29.8 Å². The van der Waals surface area contributed by atoms with E-state index in [1.807, 2.05) is 0 Å². The molecule has 0 saturated heterocycles. The Kier molecular flexibility index (Phi) is 5.18. The fourth-order valence-corrected chi connectivity index (χ4v) is 2.09. The van der Waals surface area contributed by atoms with E-state index in [-0.39, 0.29) is 23.6 Å². The maximum Gasteiger partial charge on any atom is 0.259 e. The monoisotopic (exact) mass is 327 g/mol. The van der Waals surface area contributed by atoms with Gasteiger partial charge in [-0.2, -0.15) is 0 Å². The van der Waals surface area contributed by atoms with E-state index in [4.69, 9.17) is 9.29 Å². The van der Waals surface area contributed by atoms with Gasteiger partial charge in [0.25, 0.3) is 11.3 Å². The Labute approximate surface area is 127 Å². The molecule has 0 amide bonds. The zero-order chi connectivity index (χ0) is 16.1. The minimum absolute atomic E-state index is 0.0345. The van der Waals surface area contributed by atoms with E-state index in [0.717, 1.165) is 12.1 Å². The predicted molar refractivity (Wildman–Crippen MR) is 77.0 cm³/mol. The largest absolute Gasteiger partial charge is 0.452 e. The van der Waals surface area contributed by atoms with Crippen molar-refractivity contribution in [1.29, 1.82) is 0 Å². The van der Waals surface area contributed by atoms with Crippen LogP contribution in [0.25, 0.3) is 0 Å². The number of anilines is 1. The number of benzene rings is 2. The summed E-state index contributed by atoms with van der Waals surface area (Å²) in [6.45, 7) is 0. The molecule has 0 aliphatic heterocycles. The van der Waals surface area contributed by atoms with Crippen molar-refractivity contribution >= 4 is 23.2 Å². The molecule has 1 unspecified atom stereocenters. The molecule has 0 spiro atoms. The molecule has 0 fully saturated rings. The van der Waals surface area contributed by atoms with Crippen molar-refractivity contribution in [2.24, 2.45) is 0 Å². The normalized spacial score (nSPS) is 11.8. The Morgan fingerprint density at radius 2 is 1.95 bits per heavy atom. The lowest BCUT2D eigenvalue weighted by molar-refractivity contribution is -0.107. The summed E-state index contributed by atoms with van der Waals surface area (Å²) < 4.78 is 53.8. The van der Waals surface area contributed by atoms with Crippen LogP contribution in [0, 0.1) is 11.6 Å². The highest BCUT2D eigenvalue weighted by molar-refractivity contribution is 7.80. The fourth-order valence-electron chi connectivity index (χ4n) is 1.73. The Morgan fingerprint density at radius 1 is 1.18 bits per heavy atom. The second-order valence-corrected chi connectivity index (χ2v) is 4.93. The van der Waals surface area contributed by atoms with Crippen molar-refractivity contribution in [2.75, 3.05) is 4.72 Å². The van der Waals surface area contributed by atoms with Crippen molar-refractivity contribution in [2.45, 2.75) is 6.42 Å². The third kappa shape index (κ3) is 4.09. The number of carbonyl (C=O) groups is 1. The molecule has 0 aromatic heterocycles. The van der Waals surface area contributed by atoms with E-state index in [0.29, 0.717) is 17.9 Å². The van der Waals surface area contributed by atoms with Gasteiger partial charge in [-0.15, -0.1) is 0 Å². The van der Waals surface area contributed by atoms with Gasteiger partial charge in [-0.25, -0.2) is 13.0 Å². The van der Waals surface area contributed by atoms with Gasteiger partial charge < -0.3 is 9.53 Å². The van der Waals surface area contributed by atoms with Crippen LogP contribution in [0.5, 0.6) is 11.5 Å². The van der Waals surface area contributed by atoms with Crippen LogP contribution in [0.2, 0.25) is 0 Å².